The van der Waals surface area contributed by atoms with Gasteiger partial charge in [0.25, 0.3) is 5.91 Å². The lowest BCUT2D eigenvalue weighted by Gasteiger charge is -2.27. The molecule has 200 valence electrons. The lowest BCUT2D eigenvalue weighted by molar-refractivity contribution is 0.0723. The molecule has 3 aromatic rings. The molecule has 11 nitrogen and oxygen atoms in total. The smallest absolute Gasteiger partial charge is 0.256 e. The number of sulfonamides is 1. The first-order chi connectivity index (χ1) is 17.7. The maximum absolute atomic E-state index is 13.8. The normalized spacial score (nSPS) is 18.3. The number of hydrogen-bond donors (Lipinski definition) is 3. The van der Waals surface area contributed by atoms with Gasteiger partial charge in [-0.2, -0.15) is 9.61 Å². The molecule has 37 heavy (non-hydrogen) atoms. The molecule has 2 bridgehead atoms. The molecular formula is C25H36N8O3S. The van der Waals surface area contributed by atoms with Crippen molar-refractivity contribution in [2.75, 3.05) is 54.4 Å². The number of nitrogens with one attached hydrogen (secondary N) is 2. The van der Waals surface area contributed by atoms with Crippen LogP contribution in [-0.4, -0.2) is 73.3 Å². The molecule has 1 aliphatic heterocycles. The lowest BCUT2D eigenvalue weighted by Crippen LogP contribution is -2.32. The van der Waals surface area contributed by atoms with E-state index in [2.05, 4.69) is 10.0 Å². The molecule has 4 N–H and O–H groups in total. The molecule has 0 radical (unpaired) electrons. The molecule has 1 aliphatic rings. The largest absolute Gasteiger partial charge is 0.369 e. The second-order valence-electron chi connectivity index (χ2n) is 9.32. The molecule has 0 saturated carbocycles. The van der Waals surface area contributed by atoms with Crippen molar-refractivity contribution >= 4 is 38.9 Å². The summed E-state index contributed by atoms with van der Waals surface area (Å²) in [5.74, 6) is 1.04. The van der Waals surface area contributed by atoms with Gasteiger partial charge in [-0.15, -0.1) is 0 Å². The van der Waals surface area contributed by atoms with Crippen LogP contribution in [0, 0.1) is 0 Å². The third kappa shape index (κ3) is 5.64. The van der Waals surface area contributed by atoms with Gasteiger partial charge in [0.1, 0.15) is 11.6 Å². The van der Waals surface area contributed by atoms with Gasteiger partial charge in [-0.25, -0.2) is 13.4 Å². The molecule has 0 saturated heterocycles. The third-order valence-corrected chi connectivity index (χ3v) is 8.04. The van der Waals surface area contributed by atoms with Crippen LogP contribution in [0.1, 0.15) is 54.3 Å². The van der Waals surface area contributed by atoms with E-state index in [0.29, 0.717) is 60.9 Å². The molecule has 1 amide bonds. The average Bonchev–Trinajstić information content (AvgIpc) is 3.29. The molecular weight excluding hydrogens is 492 g/mol. The van der Waals surface area contributed by atoms with Gasteiger partial charge < -0.3 is 20.9 Å². The van der Waals surface area contributed by atoms with Crippen molar-refractivity contribution in [2.45, 2.75) is 39.2 Å². The number of nitrogens with two attached hydrogens (primary N) is 1. The molecule has 0 aliphatic carbocycles. The fraction of sp³-hybridized carbons (Fsp3) is 0.480. The summed E-state index contributed by atoms with van der Waals surface area (Å²) in [6, 6.07) is 8.74. The van der Waals surface area contributed by atoms with Crippen LogP contribution in [-0.2, 0) is 16.4 Å². The Morgan fingerprint density at radius 3 is 2.68 bits per heavy atom. The van der Waals surface area contributed by atoms with E-state index in [9.17, 15) is 13.2 Å². The zero-order chi connectivity index (χ0) is 26.7. The standard InChI is InChI=1S/C25H36N8O3S/c1-5-17-8-9-19-18(14-17)25(34)32(4)21(6-2)20-15-23-28-22(27-11-10-26)16-24(33(23)29-20)31(3)12-7-13-37(35,36)30-19/h8-9,14-16,21,30H,5-7,10-13,26H2,1-4H3,(H,27,28)/t21-/m0/s1. The van der Waals surface area contributed by atoms with E-state index in [-0.39, 0.29) is 17.7 Å². The van der Waals surface area contributed by atoms with Crippen molar-refractivity contribution < 1.29 is 13.2 Å². The number of fused-ring (bicyclic) bond motifs is 2. The van der Waals surface area contributed by atoms with E-state index < -0.39 is 10.0 Å². The van der Waals surface area contributed by atoms with Crippen LogP contribution in [0.4, 0.5) is 17.3 Å². The first kappa shape index (κ1) is 26.7. The van der Waals surface area contributed by atoms with Crippen molar-refractivity contribution in [1.82, 2.24) is 19.5 Å². The van der Waals surface area contributed by atoms with Crippen molar-refractivity contribution in [3.8, 4) is 0 Å². The van der Waals surface area contributed by atoms with Crippen LogP contribution < -0.4 is 20.7 Å². The Hall–Kier alpha value is -3.38. The van der Waals surface area contributed by atoms with Gasteiger partial charge in [-0.05, 0) is 37.0 Å². The zero-order valence-corrected chi connectivity index (χ0v) is 22.7. The highest BCUT2D eigenvalue weighted by atomic mass is 32.2. The van der Waals surface area contributed by atoms with Gasteiger partial charge in [-0.1, -0.05) is 19.9 Å². The Bertz CT molecular complexity index is 1390. The summed E-state index contributed by atoms with van der Waals surface area (Å²) in [7, 11) is -0.0566. The maximum atomic E-state index is 13.8. The number of carbonyl (C=O) groups excluding carboxylic acids is 1. The Morgan fingerprint density at radius 1 is 1.19 bits per heavy atom. The summed E-state index contributed by atoms with van der Waals surface area (Å²) in [6.45, 7) is 5.48. The van der Waals surface area contributed by atoms with Crippen LogP contribution in [0.5, 0.6) is 0 Å². The Labute approximate surface area is 218 Å². The van der Waals surface area contributed by atoms with E-state index in [1.165, 1.54) is 0 Å². The third-order valence-electron chi connectivity index (χ3n) is 6.68. The number of amides is 1. The monoisotopic (exact) mass is 528 g/mol. The zero-order valence-electron chi connectivity index (χ0n) is 21.9. The van der Waals surface area contributed by atoms with Gasteiger partial charge in [-0.3, -0.25) is 9.52 Å². The van der Waals surface area contributed by atoms with Gasteiger partial charge in [0.15, 0.2) is 5.65 Å². The summed E-state index contributed by atoms with van der Waals surface area (Å²) in [6.07, 6.45) is 1.72. The summed E-state index contributed by atoms with van der Waals surface area (Å²) in [5.41, 5.74) is 8.58. The highest BCUT2D eigenvalue weighted by molar-refractivity contribution is 7.92. The van der Waals surface area contributed by atoms with E-state index in [1.54, 1.807) is 28.6 Å². The van der Waals surface area contributed by atoms with Crippen LogP contribution in [0.3, 0.4) is 0 Å². The van der Waals surface area contributed by atoms with Crippen LogP contribution in [0.2, 0.25) is 0 Å². The topological polar surface area (TPSA) is 138 Å². The van der Waals surface area contributed by atoms with Crippen molar-refractivity contribution in [2.24, 2.45) is 5.73 Å². The quantitative estimate of drug-likeness (QED) is 0.459. The van der Waals surface area contributed by atoms with E-state index in [1.807, 2.05) is 44.0 Å². The summed E-state index contributed by atoms with van der Waals surface area (Å²) in [4.78, 5) is 22.1. The van der Waals surface area contributed by atoms with Gasteiger partial charge in [0, 0.05) is 45.9 Å². The summed E-state index contributed by atoms with van der Waals surface area (Å²) < 4.78 is 30.4. The number of nitrogens with zero attached hydrogens (tertiary/aromatic N) is 5. The highest BCUT2D eigenvalue weighted by Crippen LogP contribution is 2.30. The number of aryl methyl sites for hydroxylation is 1. The number of aromatic nitrogens is 3. The minimum atomic E-state index is -3.68. The maximum Gasteiger partial charge on any atom is 0.256 e. The minimum absolute atomic E-state index is 0.0925. The number of rotatable bonds is 5. The minimum Gasteiger partial charge on any atom is -0.369 e. The van der Waals surface area contributed by atoms with E-state index in [4.69, 9.17) is 15.8 Å². The van der Waals surface area contributed by atoms with Crippen molar-refractivity contribution in [1.29, 1.82) is 0 Å². The fourth-order valence-corrected chi connectivity index (χ4v) is 5.74. The first-order valence-electron chi connectivity index (χ1n) is 12.6. The van der Waals surface area contributed by atoms with Gasteiger partial charge >= 0.3 is 0 Å². The predicted octanol–water partition coefficient (Wildman–Crippen LogP) is 2.47. The lowest BCUT2D eigenvalue weighted by atomic mass is 10.0. The van der Waals surface area contributed by atoms with E-state index >= 15 is 0 Å². The molecule has 0 fully saturated rings. The number of carbonyl (C=O) groups is 1. The number of anilines is 3. The molecule has 2 aromatic heterocycles. The fourth-order valence-electron chi connectivity index (χ4n) is 4.62. The average molecular weight is 529 g/mol. The molecule has 1 atom stereocenters. The van der Waals surface area contributed by atoms with Crippen LogP contribution in [0.15, 0.2) is 30.3 Å². The predicted molar refractivity (Wildman–Crippen MR) is 147 cm³/mol. The second-order valence-corrected chi connectivity index (χ2v) is 11.2. The molecule has 0 unspecified atom stereocenters. The Morgan fingerprint density at radius 2 is 1.97 bits per heavy atom. The molecule has 1 aromatic carbocycles. The van der Waals surface area contributed by atoms with Crippen LogP contribution in [0.25, 0.3) is 5.65 Å². The van der Waals surface area contributed by atoms with E-state index in [0.717, 1.165) is 17.8 Å². The summed E-state index contributed by atoms with van der Waals surface area (Å²) >= 11 is 0. The van der Waals surface area contributed by atoms with Gasteiger partial charge in [0.2, 0.25) is 10.0 Å². The molecule has 4 rings (SSSR count). The van der Waals surface area contributed by atoms with Crippen molar-refractivity contribution in [3.05, 3.63) is 47.2 Å². The number of benzene rings is 1. The number of hydrogen-bond acceptors (Lipinski definition) is 8. The molecule has 3 heterocycles. The van der Waals surface area contributed by atoms with Gasteiger partial charge in [0.05, 0.1) is 28.7 Å². The highest BCUT2D eigenvalue weighted by Gasteiger charge is 2.28. The van der Waals surface area contributed by atoms with Crippen LogP contribution >= 0.6 is 0 Å². The van der Waals surface area contributed by atoms with Crippen molar-refractivity contribution in [3.63, 3.8) is 0 Å². The second kappa shape index (κ2) is 10.9. The Balaban J connectivity index is 1.87. The first-order valence-corrected chi connectivity index (χ1v) is 14.3. The summed E-state index contributed by atoms with van der Waals surface area (Å²) in [5, 5.41) is 8.09. The Kier molecular flexibility index (Phi) is 7.88. The molecule has 12 heteroatoms. The SMILES string of the molecule is CCc1ccc2c(c1)C(=O)N(C)[C@@H](CC)c1cc3nc(NCCN)cc(n3n1)N(C)CCCS(=O)(=O)N2. The molecule has 0 spiro atoms.